The zero-order valence-corrected chi connectivity index (χ0v) is 10.6. The quantitative estimate of drug-likeness (QED) is 0.622. The Morgan fingerprint density at radius 2 is 2.33 bits per heavy atom. The monoisotopic (exact) mass is 292 g/mol. The van der Waals surface area contributed by atoms with E-state index in [0.29, 0.717) is 5.13 Å². The summed E-state index contributed by atoms with van der Waals surface area (Å²) in [4.78, 5) is 27.7. The van der Waals surface area contributed by atoms with Gasteiger partial charge in [-0.25, -0.2) is 9.78 Å². The van der Waals surface area contributed by atoms with E-state index in [0.717, 1.165) is 0 Å². The van der Waals surface area contributed by atoms with Gasteiger partial charge in [0.25, 0.3) is 0 Å². The fourth-order valence-corrected chi connectivity index (χ4v) is 1.97. The molecule has 0 unspecified atom stereocenters. The number of alkyl halides is 1. The molecular formula is C8H9BrN2O3S. The largest absolute Gasteiger partial charge is 0.464 e. The number of halogens is 1. The van der Waals surface area contributed by atoms with E-state index in [1.54, 1.807) is 12.4 Å². The minimum Gasteiger partial charge on any atom is -0.464 e. The van der Waals surface area contributed by atoms with Gasteiger partial charge in [-0.2, -0.15) is 0 Å². The van der Waals surface area contributed by atoms with Gasteiger partial charge in [0.05, 0.1) is 12.4 Å². The number of hydrogen-bond donors (Lipinski definition) is 0. The molecular weight excluding hydrogens is 284 g/mol. The third-order valence-corrected chi connectivity index (χ3v) is 3.06. The topological polar surface area (TPSA) is 59.5 Å². The Balaban J connectivity index is 2.84. The normalized spacial score (nSPS) is 9.80. The summed E-state index contributed by atoms with van der Waals surface area (Å²) in [5.41, 5.74) is 0.215. The van der Waals surface area contributed by atoms with E-state index in [9.17, 15) is 9.59 Å². The first-order chi connectivity index (χ1) is 7.10. The van der Waals surface area contributed by atoms with Crippen LogP contribution in [-0.4, -0.2) is 36.3 Å². The Bertz CT molecular complexity index is 380. The van der Waals surface area contributed by atoms with Gasteiger partial charge in [0, 0.05) is 12.4 Å². The van der Waals surface area contributed by atoms with Crippen LogP contribution in [0.2, 0.25) is 0 Å². The number of thiazole rings is 1. The molecule has 7 heteroatoms. The highest BCUT2D eigenvalue weighted by Gasteiger charge is 2.16. The van der Waals surface area contributed by atoms with Gasteiger partial charge < -0.3 is 4.74 Å². The molecule has 15 heavy (non-hydrogen) atoms. The summed E-state index contributed by atoms with van der Waals surface area (Å²) < 4.78 is 4.51. The number of methoxy groups -OCH3 is 1. The zero-order chi connectivity index (χ0) is 11.4. The number of aromatic nitrogens is 1. The highest BCUT2D eigenvalue weighted by Crippen LogP contribution is 2.20. The highest BCUT2D eigenvalue weighted by molar-refractivity contribution is 9.09. The Morgan fingerprint density at radius 1 is 1.67 bits per heavy atom. The molecule has 0 aromatic carbocycles. The van der Waals surface area contributed by atoms with Crippen LogP contribution in [0.25, 0.3) is 0 Å². The summed E-state index contributed by atoms with van der Waals surface area (Å²) >= 11 is 4.27. The Morgan fingerprint density at radius 3 is 2.87 bits per heavy atom. The first-order valence-corrected chi connectivity index (χ1v) is 5.96. The molecule has 1 aromatic heterocycles. The lowest BCUT2D eigenvalue weighted by Gasteiger charge is -2.10. The van der Waals surface area contributed by atoms with Gasteiger partial charge in [-0.3, -0.25) is 9.69 Å². The molecule has 0 N–H and O–H groups in total. The molecule has 0 fully saturated rings. The van der Waals surface area contributed by atoms with Crippen LogP contribution < -0.4 is 4.90 Å². The van der Waals surface area contributed by atoms with Crippen molar-refractivity contribution in [2.24, 2.45) is 0 Å². The van der Waals surface area contributed by atoms with Gasteiger partial charge in [-0.1, -0.05) is 15.9 Å². The number of hydrogen-bond acceptors (Lipinski definition) is 5. The molecule has 0 aliphatic rings. The van der Waals surface area contributed by atoms with Crippen LogP contribution in [0.4, 0.5) is 5.13 Å². The van der Waals surface area contributed by atoms with Crippen LogP contribution in [0.5, 0.6) is 0 Å². The minimum absolute atomic E-state index is 0.124. The van der Waals surface area contributed by atoms with E-state index in [4.69, 9.17) is 0 Å². The van der Waals surface area contributed by atoms with Gasteiger partial charge in [-0.05, 0) is 0 Å². The summed E-state index contributed by atoms with van der Waals surface area (Å²) in [7, 11) is 2.89. The van der Waals surface area contributed by atoms with Crippen molar-refractivity contribution in [1.29, 1.82) is 0 Å². The Kier molecular flexibility index (Phi) is 4.22. The molecule has 0 saturated carbocycles. The van der Waals surface area contributed by atoms with Crippen LogP contribution in [0.15, 0.2) is 5.38 Å². The van der Waals surface area contributed by atoms with Crippen LogP contribution in [0.1, 0.15) is 10.5 Å². The molecule has 5 nitrogen and oxygen atoms in total. The van der Waals surface area contributed by atoms with Crippen molar-refractivity contribution >= 4 is 44.3 Å². The number of carbonyl (C=O) groups excluding carboxylic acids is 2. The average molecular weight is 293 g/mol. The average Bonchev–Trinajstić information content (AvgIpc) is 2.75. The maximum atomic E-state index is 11.3. The zero-order valence-electron chi connectivity index (χ0n) is 8.19. The molecule has 0 atom stereocenters. The number of carbonyl (C=O) groups is 2. The summed E-state index contributed by atoms with van der Waals surface area (Å²) in [6, 6.07) is 0. The maximum absolute atomic E-state index is 11.3. The number of anilines is 1. The predicted octanol–water partition coefficient (Wildman–Crippen LogP) is 1.29. The van der Waals surface area contributed by atoms with Crippen LogP contribution >= 0.6 is 27.3 Å². The molecule has 0 saturated heterocycles. The summed E-state index contributed by atoms with van der Waals surface area (Å²) in [6.45, 7) is 0. The van der Waals surface area contributed by atoms with Crippen LogP contribution in [0, 0.1) is 0 Å². The molecule has 82 valence electrons. The lowest BCUT2D eigenvalue weighted by atomic mass is 10.5. The third-order valence-electron chi connectivity index (χ3n) is 1.66. The fraction of sp³-hybridized carbons (Fsp3) is 0.375. The number of amides is 1. The first kappa shape index (κ1) is 12.1. The van der Waals surface area contributed by atoms with Gasteiger partial charge in [0.2, 0.25) is 5.91 Å². The van der Waals surface area contributed by atoms with Gasteiger partial charge in [-0.15, -0.1) is 11.3 Å². The van der Waals surface area contributed by atoms with Gasteiger partial charge in [0.1, 0.15) is 0 Å². The second-order valence-electron chi connectivity index (χ2n) is 2.59. The second-order valence-corrected chi connectivity index (χ2v) is 3.99. The smallest absolute Gasteiger partial charge is 0.357 e. The second kappa shape index (κ2) is 5.22. The van der Waals surface area contributed by atoms with Crippen molar-refractivity contribution in [2.45, 2.75) is 0 Å². The summed E-state index contributed by atoms with van der Waals surface area (Å²) in [5.74, 6) is -0.627. The maximum Gasteiger partial charge on any atom is 0.357 e. The van der Waals surface area contributed by atoms with Gasteiger partial charge in [0.15, 0.2) is 10.8 Å². The van der Waals surface area contributed by atoms with E-state index < -0.39 is 5.97 Å². The predicted molar refractivity (Wildman–Crippen MR) is 60.7 cm³/mol. The SMILES string of the molecule is COC(=O)c1csc(N(C)C(=O)CBr)n1. The van der Waals surface area contributed by atoms with E-state index in [1.807, 2.05) is 0 Å². The first-order valence-electron chi connectivity index (χ1n) is 3.96. The highest BCUT2D eigenvalue weighted by atomic mass is 79.9. The molecule has 1 heterocycles. The van der Waals surface area contributed by atoms with Gasteiger partial charge >= 0.3 is 5.97 Å². The fourth-order valence-electron chi connectivity index (χ4n) is 0.813. The molecule has 1 rings (SSSR count). The van der Waals surface area contributed by atoms with Crippen molar-refractivity contribution in [3.8, 4) is 0 Å². The number of rotatable bonds is 3. The minimum atomic E-state index is -0.503. The number of ether oxygens (including phenoxy) is 1. The molecule has 0 spiro atoms. The number of nitrogens with zero attached hydrogens (tertiary/aromatic N) is 2. The van der Waals surface area contributed by atoms with Crippen LogP contribution in [0.3, 0.4) is 0 Å². The van der Waals surface area contributed by atoms with Crippen molar-refractivity contribution in [3.63, 3.8) is 0 Å². The molecule has 0 aliphatic heterocycles. The van der Waals surface area contributed by atoms with E-state index in [-0.39, 0.29) is 16.9 Å². The van der Waals surface area contributed by atoms with E-state index in [2.05, 4.69) is 25.7 Å². The van der Waals surface area contributed by atoms with E-state index >= 15 is 0 Å². The molecule has 1 amide bonds. The summed E-state index contributed by atoms with van der Waals surface area (Å²) in [5, 5.41) is 2.25. The van der Waals surface area contributed by atoms with E-state index in [1.165, 1.54) is 23.3 Å². The van der Waals surface area contributed by atoms with Crippen molar-refractivity contribution in [2.75, 3.05) is 24.4 Å². The number of esters is 1. The Hall–Kier alpha value is -0.950. The van der Waals surface area contributed by atoms with Crippen molar-refractivity contribution in [3.05, 3.63) is 11.1 Å². The molecule has 0 bridgehead atoms. The summed E-state index contributed by atoms with van der Waals surface area (Å²) in [6.07, 6.45) is 0. The third kappa shape index (κ3) is 2.75. The molecule has 0 radical (unpaired) electrons. The molecule has 1 aromatic rings. The van der Waals surface area contributed by atoms with Crippen molar-refractivity contribution < 1.29 is 14.3 Å². The standard InChI is InChI=1S/C8H9BrN2O3S/c1-11(6(12)3-9)8-10-5(4-15-8)7(13)14-2/h4H,3H2,1-2H3. The van der Waals surface area contributed by atoms with Crippen LogP contribution in [-0.2, 0) is 9.53 Å². The molecule has 0 aliphatic carbocycles. The lowest BCUT2D eigenvalue weighted by Crippen LogP contribution is -2.27. The Labute approximate surface area is 99.2 Å². The van der Waals surface area contributed by atoms with Crippen molar-refractivity contribution in [1.82, 2.24) is 4.98 Å². The lowest BCUT2D eigenvalue weighted by molar-refractivity contribution is -0.115.